The van der Waals surface area contributed by atoms with E-state index in [1.54, 1.807) is 17.0 Å². The van der Waals surface area contributed by atoms with Crippen LogP contribution in [0.2, 0.25) is 0 Å². The highest BCUT2D eigenvalue weighted by molar-refractivity contribution is 5.84. The number of nitrogen functional groups attached to an aromatic ring is 1. The number of carbonyl (C=O) groups excluding carboxylic acids is 1. The van der Waals surface area contributed by atoms with Crippen LogP contribution in [0.4, 0.5) is 17.1 Å². The van der Waals surface area contributed by atoms with E-state index in [0.29, 0.717) is 18.8 Å². The Balaban J connectivity index is 2.40. The third-order valence-electron chi connectivity index (χ3n) is 2.83. The molecule has 1 fully saturated rings. The van der Waals surface area contributed by atoms with Gasteiger partial charge in [0.2, 0.25) is 5.91 Å². The summed E-state index contributed by atoms with van der Waals surface area (Å²) in [5, 5.41) is 13.8. The highest BCUT2D eigenvalue weighted by Crippen LogP contribution is 2.33. The maximum atomic E-state index is 11.5. The van der Waals surface area contributed by atoms with Gasteiger partial charge in [0, 0.05) is 13.1 Å². The number of nitro groups is 1. The smallest absolute Gasteiger partial charge is 0.315 e. The van der Waals surface area contributed by atoms with E-state index in [1.165, 1.54) is 6.07 Å². The van der Waals surface area contributed by atoms with E-state index in [1.807, 2.05) is 0 Å². The first-order valence-electron chi connectivity index (χ1n) is 5.64. The Morgan fingerprint density at radius 1 is 1.44 bits per heavy atom. The molecule has 0 atom stereocenters. The van der Waals surface area contributed by atoms with Gasteiger partial charge in [0.15, 0.2) is 0 Å². The van der Waals surface area contributed by atoms with Crippen molar-refractivity contribution < 1.29 is 9.72 Å². The molecule has 0 bridgehead atoms. The Labute approximate surface area is 104 Å². The third-order valence-corrected chi connectivity index (χ3v) is 2.83. The molecule has 0 radical (unpaired) electrons. The fourth-order valence-corrected chi connectivity index (χ4v) is 2.01. The Hall–Kier alpha value is -2.31. The van der Waals surface area contributed by atoms with Crippen molar-refractivity contribution in [2.45, 2.75) is 6.42 Å². The number of nitrogens with zero attached hydrogens (tertiary/aromatic N) is 2. The topological polar surface area (TPSA) is 102 Å². The van der Waals surface area contributed by atoms with Crippen LogP contribution in [0.25, 0.3) is 0 Å². The molecule has 0 aromatic heterocycles. The van der Waals surface area contributed by atoms with Crippen LogP contribution in [0.3, 0.4) is 0 Å². The number of carbonyl (C=O) groups is 1. The minimum absolute atomic E-state index is 0.113. The minimum atomic E-state index is -0.506. The Kier molecular flexibility index (Phi) is 3.31. The van der Waals surface area contributed by atoms with Gasteiger partial charge in [0.1, 0.15) is 11.4 Å². The number of hydrogen-bond donors (Lipinski definition) is 2. The zero-order valence-corrected chi connectivity index (χ0v) is 9.76. The predicted octanol–water partition coefficient (Wildman–Crippen LogP) is 0.503. The summed E-state index contributed by atoms with van der Waals surface area (Å²) in [6.45, 7) is 1.29. The summed E-state index contributed by atoms with van der Waals surface area (Å²) in [7, 11) is 0. The SMILES string of the molecule is Nc1cccc(N2CCCNC(=O)C2)c1[N+](=O)[O-]. The van der Waals surface area contributed by atoms with Crippen LogP contribution in [0, 0.1) is 10.1 Å². The molecule has 1 amide bonds. The van der Waals surface area contributed by atoms with Gasteiger partial charge in [-0.2, -0.15) is 0 Å². The molecule has 1 heterocycles. The first-order valence-corrected chi connectivity index (χ1v) is 5.64. The molecule has 1 aromatic carbocycles. The third kappa shape index (κ3) is 2.34. The van der Waals surface area contributed by atoms with E-state index in [9.17, 15) is 14.9 Å². The number of nitrogens with two attached hydrogens (primary N) is 1. The van der Waals surface area contributed by atoms with Gasteiger partial charge in [-0.1, -0.05) is 6.07 Å². The minimum Gasteiger partial charge on any atom is -0.393 e. The van der Waals surface area contributed by atoms with Crippen molar-refractivity contribution >= 4 is 23.0 Å². The quantitative estimate of drug-likeness (QED) is 0.452. The molecule has 1 saturated heterocycles. The molecule has 2 rings (SSSR count). The summed E-state index contributed by atoms with van der Waals surface area (Å²) in [5.74, 6) is -0.135. The highest BCUT2D eigenvalue weighted by atomic mass is 16.6. The molecule has 0 aliphatic carbocycles. The molecule has 1 aliphatic heterocycles. The number of rotatable bonds is 2. The van der Waals surface area contributed by atoms with Crippen molar-refractivity contribution in [2.75, 3.05) is 30.3 Å². The standard InChI is InChI=1S/C11H14N4O3/c12-8-3-1-4-9(11(8)15(17)18)14-6-2-5-13-10(16)7-14/h1,3-4H,2,5-7,12H2,(H,13,16). The molecule has 7 heteroatoms. The summed E-state index contributed by atoms with van der Waals surface area (Å²) in [6.07, 6.45) is 0.748. The van der Waals surface area contributed by atoms with Gasteiger partial charge in [-0.05, 0) is 18.6 Å². The van der Waals surface area contributed by atoms with Gasteiger partial charge >= 0.3 is 5.69 Å². The molecule has 18 heavy (non-hydrogen) atoms. The van der Waals surface area contributed by atoms with Crippen LogP contribution >= 0.6 is 0 Å². The molecule has 0 saturated carbocycles. The number of anilines is 2. The van der Waals surface area contributed by atoms with E-state index in [4.69, 9.17) is 5.73 Å². The lowest BCUT2D eigenvalue weighted by molar-refractivity contribution is -0.383. The van der Waals surface area contributed by atoms with Crippen LogP contribution in [-0.2, 0) is 4.79 Å². The van der Waals surface area contributed by atoms with Gasteiger partial charge < -0.3 is 16.0 Å². The number of hydrogen-bond acceptors (Lipinski definition) is 5. The maximum Gasteiger partial charge on any atom is 0.315 e. The van der Waals surface area contributed by atoms with E-state index in [-0.39, 0.29) is 23.8 Å². The first-order chi connectivity index (χ1) is 8.59. The number of nitrogens with one attached hydrogen (secondary N) is 1. The van der Waals surface area contributed by atoms with Gasteiger partial charge in [-0.25, -0.2) is 0 Å². The van der Waals surface area contributed by atoms with Gasteiger partial charge in [0.05, 0.1) is 11.5 Å². The van der Waals surface area contributed by atoms with E-state index < -0.39 is 4.92 Å². The summed E-state index contributed by atoms with van der Waals surface area (Å²) in [5.41, 5.74) is 6.01. The van der Waals surface area contributed by atoms with Gasteiger partial charge in [-0.3, -0.25) is 14.9 Å². The van der Waals surface area contributed by atoms with Crippen LogP contribution in [0.1, 0.15) is 6.42 Å². The lowest BCUT2D eigenvalue weighted by Gasteiger charge is -2.21. The van der Waals surface area contributed by atoms with Crippen molar-refractivity contribution in [3.63, 3.8) is 0 Å². The average molecular weight is 250 g/mol. The van der Waals surface area contributed by atoms with Crippen LogP contribution < -0.4 is 16.0 Å². The first kappa shape index (κ1) is 12.2. The number of para-hydroxylation sites is 1. The molecule has 1 aromatic rings. The Morgan fingerprint density at radius 2 is 2.22 bits per heavy atom. The molecule has 0 spiro atoms. The Morgan fingerprint density at radius 3 is 2.94 bits per heavy atom. The van der Waals surface area contributed by atoms with Crippen LogP contribution in [-0.4, -0.2) is 30.5 Å². The van der Waals surface area contributed by atoms with Gasteiger partial charge in [0.25, 0.3) is 0 Å². The molecule has 3 N–H and O–H groups in total. The lowest BCUT2D eigenvalue weighted by atomic mass is 10.2. The largest absolute Gasteiger partial charge is 0.393 e. The van der Waals surface area contributed by atoms with Crippen LogP contribution in [0.15, 0.2) is 18.2 Å². The van der Waals surface area contributed by atoms with Gasteiger partial charge in [-0.15, -0.1) is 0 Å². The average Bonchev–Trinajstić information content (AvgIpc) is 2.53. The summed E-state index contributed by atoms with van der Waals surface area (Å²) in [4.78, 5) is 23.7. The van der Waals surface area contributed by atoms with E-state index in [2.05, 4.69) is 5.32 Å². The van der Waals surface area contributed by atoms with Crippen LogP contribution in [0.5, 0.6) is 0 Å². The molecular weight excluding hydrogens is 236 g/mol. The molecule has 7 nitrogen and oxygen atoms in total. The molecule has 1 aliphatic rings. The maximum absolute atomic E-state index is 11.5. The second-order valence-electron chi connectivity index (χ2n) is 4.10. The normalized spacial score (nSPS) is 16.0. The highest BCUT2D eigenvalue weighted by Gasteiger charge is 2.24. The fraction of sp³-hybridized carbons (Fsp3) is 0.364. The van der Waals surface area contributed by atoms with Crippen molar-refractivity contribution in [3.8, 4) is 0 Å². The van der Waals surface area contributed by atoms with E-state index >= 15 is 0 Å². The number of nitro benzene ring substituents is 1. The van der Waals surface area contributed by atoms with Crippen molar-refractivity contribution in [1.82, 2.24) is 5.32 Å². The summed E-state index contributed by atoms with van der Waals surface area (Å²) < 4.78 is 0. The molecule has 0 unspecified atom stereocenters. The lowest BCUT2D eigenvalue weighted by Crippen LogP contribution is -2.33. The molecule has 96 valence electrons. The summed E-state index contributed by atoms with van der Waals surface area (Å²) in [6, 6.07) is 4.76. The number of amides is 1. The van der Waals surface area contributed by atoms with Crippen molar-refractivity contribution in [1.29, 1.82) is 0 Å². The Bertz CT molecular complexity index is 489. The second kappa shape index (κ2) is 4.91. The predicted molar refractivity (Wildman–Crippen MR) is 67.3 cm³/mol. The zero-order chi connectivity index (χ0) is 13.1. The van der Waals surface area contributed by atoms with E-state index in [0.717, 1.165) is 6.42 Å². The van der Waals surface area contributed by atoms with Crippen molar-refractivity contribution in [2.24, 2.45) is 0 Å². The van der Waals surface area contributed by atoms with Crippen molar-refractivity contribution in [3.05, 3.63) is 28.3 Å². The number of benzene rings is 1. The zero-order valence-electron chi connectivity index (χ0n) is 9.76. The monoisotopic (exact) mass is 250 g/mol. The second-order valence-corrected chi connectivity index (χ2v) is 4.10. The fourth-order valence-electron chi connectivity index (χ4n) is 2.01. The molecular formula is C11H14N4O3. The summed E-state index contributed by atoms with van der Waals surface area (Å²) >= 11 is 0.